The Balaban J connectivity index is 1.76. The molecule has 384 valence electrons. The van der Waals surface area contributed by atoms with Gasteiger partial charge in [0.15, 0.2) is 11.5 Å². The fourth-order valence-electron chi connectivity index (χ4n) is 10.5. The zero-order chi connectivity index (χ0) is 50.3. The summed E-state index contributed by atoms with van der Waals surface area (Å²) in [7, 11) is 4.57. The third kappa shape index (κ3) is 15.3. The van der Waals surface area contributed by atoms with Gasteiger partial charge >= 0.3 is 5.97 Å². The van der Waals surface area contributed by atoms with Crippen LogP contribution in [0.1, 0.15) is 126 Å². The van der Waals surface area contributed by atoms with Crippen molar-refractivity contribution in [1.29, 1.82) is 0 Å². The number of aliphatic hydroxyl groups is 4. The number of Topliss-reactive ketones (excluding diaryl/α,β-unsaturated/α-hetero) is 2. The molecule has 1 saturated carbocycles. The highest BCUT2D eigenvalue weighted by atomic mass is 16.6. The minimum atomic E-state index is -2.14. The maximum Gasteiger partial charge on any atom is 0.329 e. The Hall–Kier alpha value is -3.41. The van der Waals surface area contributed by atoms with Crippen molar-refractivity contribution in [2.75, 3.05) is 41.0 Å². The van der Waals surface area contributed by atoms with E-state index >= 15 is 0 Å². The molecule has 2 bridgehead atoms. The van der Waals surface area contributed by atoms with E-state index in [1.165, 1.54) is 12.0 Å². The highest BCUT2D eigenvalue weighted by Crippen LogP contribution is 2.38. The number of carbonyl (C=O) groups is 4. The maximum atomic E-state index is 14.9. The van der Waals surface area contributed by atoms with Crippen LogP contribution >= 0.6 is 0 Å². The van der Waals surface area contributed by atoms with Gasteiger partial charge in [-0.1, -0.05) is 71.1 Å². The molecule has 1 amide bonds. The SMILES string of the molecule is CO[C@H]1C[C@@H]2CC[C@@H](C)[C@@](O)(O2)C(=NCCO)C(=O)N2CCCCC2C(=O)OC([C@H](C)CC2CC[C@@H](O)[C@H](OC)C2)CC(=O)[C@H](C)/C=C(\C)C(O)[C@@H](OC)C(=O)C(C)CC(C)/C=C/C=CC=C1C. The van der Waals surface area contributed by atoms with Crippen molar-refractivity contribution in [2.24, 2.45) is 40.5 Å². The number of amides is 1. The molecule has 15 heteroatoms. The first-order chi connectivity index (χ1) is 32.3. The van der Waals surface area contributed by atoms with Crippen LogP contribution in [0.25, 0.3) is 0 Å². The summed E-state index contributed by atoms with van der Waals surface area (Å²) in [6, 6.07) is -1.06. The summed E-state index contributed by atoms with van der Waals surface area (Å²) in [5.74, 6) is -5.93. The fraction of sp³-hybridized carbons (Fsp3) is 0.755. The highest BCUT2D eigenvalue weighted by Gasteiger charge is 2.51. The second-order valence-corrected chi connectivity index (χ2v) is 20.2. The van der Waals surface area contributed by atoms with Gasteiger partial charge < -0.3 is 49.0 Å². The van der Waals surface area contributed by atoms with Gasteiger partial charge in [0.05, 0.1) is 37.6 Å². The zero-order valence-electron chi connectivity index (χ0n) is 42.5. The van der Waals surface area contributed by atoms with Gasteiger partial charge in [-0.15, -0.1) is 0 Å². The minimum Gasteiger partial charge on any atom is -0.460 e. The van der Waals surface area contributed by atoms with Crippen molar-refractivity contribution in [3.05, 3.63) is 47.6 Å². The van der Waals surface area contributed by atoms with Crippen molar-refractivity contribution < 1.29 is 63.3 Å². The van der Waals surface area contributed by atoms with Gasteiger partial charge in [-0.05, 0) is 107 Å². The van der Waals surface area contributed by atoms with E-state index in [1.807, 2.05) is 58.1 Å². The number of piperidine rings is 1. The fourth-order valence-corrected chi connectivity index (χ4v) is 10.5. The highest BCUT2D eigenvalue weighted by molar-refractivity contribution is 6.41. The number of esters is 1. The Labute approximate surface area is 405 Å². The summed E-state index contributed by atoms with van der Waals surface area (Å²) in [5, 5.41) is 44.4. The van der Waals surface area contributed by atoms with Gasteiger partial charge in [-0.2, -0.15) is 0 Å². The topological polar surface area (TPSA) is 211 Å². The number of allylic oxidation sites excluding steroid dienone is 6. The number of hydrogen-bond acceptors (Lipinski definition) is 14. The van der Waals surface area contributed by atoms with Gasteiger partial charge in [0, 0.05) is 58.5 Å². The number of cyclic esters (lactones) is 1. The lowest BCUT2D eigenvalue weighted by Crippen LogP contribution is -2.61. The lowest BCUT2D eigenvalue weighted by molar-refractivity contribution is -0.239. The summed E-state index contributed by atoms with van der Waals surface area (Å²) >= 11 is 0. The normalized spacial score (nSPS) is 38.5. The number of hydrogen-bond donors (Lipinski definition) is 4. The lowest BCUT2D eigenvalue weighted by Gasteiger charge is -2.44. The van der Waals surface area contributed by atoms with E-state index < -0.39 is 72.0 Å². The second kappa shape index (κ2) is 27.3. The quantitative estimate of drug-likeness (QED) is 0.162. The van der Waals surface area contributed by atoms with E-state index in [9.17, 15) is 39.6 Å². The van der Waals surface area contributed by atoms with E-state index in [-0.39, 0.29) is 79.8 Å². The van der Waals surface area contributed by atoms with E-state index in [0.29, 0.717) is 63.4 Å². The number of carbonyl (C=O) groups excluding carboxylic acids is 4. The average molecular weight is 957 g/mol. The molecule has 0 aromatic heterocycles. The standard InChI is InChI=1S/C53H84N2O13/c1-32-16-12-11-13-17-33(2)44(64-8)30-40-21-19-38(7)53(63,68-40)50(54-23-25-56)51(61)55-24-15-14-18-41(55)52(62)67-45(35(4)28-39-20-22-42(57)46(29-39)65-9)31-43(58)34(3)27-37(6)48(60)49(66-10)47(59)36(5)26-32/h11-13,16-17,27,32,34-36,38-42,44-46,48-49,56-57,60,63H,14-15,18-26,28-31H2,1-10H3/b13-11?,16-12+,33-17?,37-27+,54-50?/t32?,34-,35-,36?,38-,39?,40+,41?,42-,44+,45?,46-,48?,49+,53-/m1/s1. The largest absolute Gasteiger partial charge is 0.460 e. The van der Waals surface area contributed by atoms with Crippen LogP contribution in [0.2, 0.25) is 0 Å². The van der Waals surface area contributed by atoms with Crippen LogP contribution in [0.4, 0.5) is 0 Å². The Bertz CT molecular complexity index is 1830. The molecule has 4 rings (SSSR count). The number of ketones is 2. The van der Waals surface area contributed by atoms with Crippen LogP contribution in [-0.4, -0.2) is 150 Å². The number of aliphatic hydroxyl groups excluding tert-OH is 3. The third-order valence-electron chi connectivity index (χ3n) is 14.9. The molecule has 15 nitrogen and oxygen atoms in total. The van der Waals surface area contributed by atoms with Crippen LogP contribution in [0, 0.1) is 35.5 Å². The van der Waals surface area contributed by atoms with Crippen LogP contribution in [0.3, 0.4) is 0 Å². The number of rotatable bonds is 8. The first kappa shape index (κ1) is 57.2. The predicted octanol–water partition coefficient (Wildman–Crippen LogP) is 6.04. The monoisotopic (exact) mass is 957 g/mol. The molecule has 2 saturated heterocycles. The zero-order valence-corrected chi connectivity index (χ0v) is 42.5. The Morgan fingerprint density at radius 1 is 0.882 bits per heavy atom. The molecule has 4 aliphatic rings. The Morgan fingerprint density at radius 2 is 1.62 bits per heavy atom. The molecule has 0 aromatic carbocycles. The summed E-state index contributed by atoms with van der Waals surface area (Å²) in [6.45, 7) is 12.5. The molecular weight excluding hydrogens is 873 g/mol. The molecule has 4 N–H and O–H groups in total. The average Bonchev–Trinajstić information content (AvgIpc) is 3.31. The summed E-state index contributed by atoms with van der Waals surface area (Å²) in [4.78, 5) is 63.3. The van der Waals surface area contributed by atoms with E-state index in [0.717, 1.165) is 12.0 Å². The summed E-state index contributed by atoms with van der Waals surface area (Å²) in [5.41, 5.74) is 1.02. The molecule has 0 radical (unpaired) electrons. The van der Waals surface area contributed by atoms with E-state index in [1.54, 1.807) is 41.1 Å². The number of fused-ring (bicyclic) bond motifs is 3. The van der Waals surface area contributed by atoms with Gasteiger partial charge in [0.25, 0.3) is 5.91 Å². The van der Waals surface area contributed by atoms with E-state index in [2.05, 4.69) is 4.99 Å². The van der Waals surface area contributed by atoms with Crippen molar-refractivity contribution in [3.63, 3.8) is 0 Å². The molecule has 0 aromatic rings. The summed E-state index contributed by atoms with van der Waals surface area (Å²) < 4.78 is 29.9. The summed E-state index contributed by atoms with van der Waals surface area (Å²) in [6.07, 6.45) is 11.8. The molecule has 0 spiro atoms. The van der Waals surface area contributed by atoms with Crippen LogP contribution in [-0.2, 0) is 42.9 Å². The molecular formula is C53H84N2O13. The number of methoxy groups -OCH3 is 3. The number of ether oxygens (including phenoxy) is 5. The first-order valence-corrected chi connectivity index (χ1v) is 25.1. The third-order valence-corrected chi connectivity index (χ3v) is 14.9. The predicted molar refractivity (Wildman–Crippen MR) is 260 cm³/mol. The van der Waals surface area contributed by atoms with Crippen LogP contribution < -0.4 is 0 Å². The maximum absolute atomic E-state index is 14.9. The lowest BCUT2D eigenvalue weighted by atomic mass is 9.78. The molecule has 6 unspecified atom stereocenters. The van der Waals surface area contributed by atoms with Crippen LogP contribution in [0.15, 0.2) is 52.6 Å². The second-order valence-electron chi connectivity index (χ2n) is 20.2. The number of aliphatic imine (C=N–C) groups is 1. The van der Waals surface area contributed by atoms with Crippen LogP contribution in [0.5, 0.6) is 0 Å². The van der Waals surface area contributed by atoms with Crippen molar-refractivity contribution >= 4 is 29.2 Å². The first-order valence-electron chi connectivity index (χ1n) is 25.1. The van der Waals surface area contributed by atoms with Gasteiger partial charge in [0.1, 0.15) is 30.1 Å². The van der Waals surface area contributed by atoms with Crippen molar-refractivity contribution in [1.82, 2.24) is 4.90 Å². The van der Waals surface area contributed by atoms with Gasteiger partial charge in [-0.25, -0.2) is 4.79 Å². The van der Waals surface area contributed by atoms with Crippen molar-refractivity contribution in [3.8, 4) is 0 Å². The van der Waals surface area contributed by atoms with E-state index in [4.69, 9.17) is 23.7 Å². The van der Waals surface area contributed by atoms with Gasteiger partial charge in [-0.3, -0.25) is 19.4 Å². The Kier molecular flexibility index (Phi) is 22.9. The smallest absolute Gasteiger partial charge is 0.329 e. The number of nitrogens with zero attached hydrogens (tertiary/aromatic N) is 2. The molecule has 3 heterocycles. The van der Waals surface area contributed by atoms with Gasteiger partial charge in [0.2, 0.25) is 5.79 Å². The molecule has 3 fully saturated rings. The Morgan fingerprint density at radius 3 is 2.29 bits per heavy atom. The molecule has 1 aliphatic carbocycles. The molecule has 68 heavy (non-hydrogen) atoms. The minimum absolute atomic E-state index is 0.0222. The van der Waals surface area contributed by atoms with Crippen molar-refractivity contribution in [2.45, 2.75) is 180 Å². The molecule has 15 atom stereocenters. The molecule has 3 aliphatic heterocycles.